The van der Waals surface area contributed by atoms with Crippen molar-refractivity contribution in [2.45, 2.75) is 51.9 Å². The van der Waals surface area contributed by atoms with Crippen LogP contribution in [0.4, 0.5) is 0 Å². The third-order valence-electron chi connectivity index (χ3n) is 7.11. The molecule has 2 heterocycles. The number of benzene rings is 2. The van der Waals surface area contributed by atoms with E-state index in [1.807, 2.05) is 0 Å². The molecule has 2 aromatic carbocycles. The molecule has 0 radical (unpaired) electrons. The Hall–Kier alpha value is -2.94. The van der Waals surface area contributed by atoms with Gasteiger partial charge in [-0.2, -0.15) is 0 Å². The first-order valence-electron chi connectivity index (χ1n) is 11.6. The number of pyridine rings is 1. The average Bonchev–Trinajstić information content (AvgIpc) is 3.11. The quantitative estimate of drug-likeness (QED) is 0.358. The average molecular weight is 411 g/mol. The van der Waals surface area contributed by atoms with Crippen LogP contribution < -0.4 is 4.57 Å². The smallest absolute Gasteiger partial charge is 0.212 e. The minimum absolute atomic E-state index is 0.648. The summed E-state index contributed by atoms with van der Waals surface area (Å²) in [6, 6.07) is 17.7. The monoisotopic (exact) mass is 410 g/mol. The van der Waals surface area contributed by atoms with Crippen LogP contribution in [0.1, 0.15) is 54.7 Å². The van der Waals surface area contributed by atoms with Crippen LogP contribution in [0, 0.1) is 13.8 Å². The lowest BCUT2D eigenvalue weighted by atomic mass is 9.83. The van der Waals surface area contributed by atoms with Gasteiger partial charge in [-0.15, -0.1) is 0 Å². The van der Waals surface area contributed by atoms with Gasteiger partial charge in [-0.3, -0.25) is 0 Å². The van der Waals surface area contributed by atoms with Crippen LogP contribution in [-0.2, 0) is 14.1 Å². The second-order valence-electron chi connectivity index (χ2n) is 9.23. The molecule has 2 aromatic heterocycles. The van der Waals surface area contributed by atoms with Crippen LogP contribution in [0.25, 0.3) is 33.7 Å². The number of imidazole rings is 1. The van der Waals surface area contributed by atoms with Crippen molar-refractivity contribution < 1.29 is 4.57 Å². The number of hydrogen-bond donors (Lipinski definition) is 0. The summed E-state index contributed by atoms with van der Waals surface area (Å²) in [5.74, 6) is 1.71. The number of nitrogens with zero attached hydrogens (tertiary/aromatic N) is 3. The van der Waals surface area contributed by atoms with E-state index in [-0.39, 0.29) is 0 Å². The fraction of sp³-hybridized carbons (Fsp3) is 0.357. The van der Waals surface area contributed by atoms with Crippen LogP contribution in [0.2, 0.25) is 0 Å². The Morgan fingerprint density at radius 1 is 0.935 bits per heavy atom. The summed E-state index contributed by atoms with van der Waals surface area (Å²) in [7, 11) is 4.28. The predicted octanol–water partition coefficient (Wildman–Crippen LogP) is 6.40. The number of hydrogen-bond acceptors (Lipinski definition) is 1. The van der Waals surface area contributed by atoms with E-state index in [0.29, 0.717) is 5.92 Å². The third kappa shape index (κ3) is 3.46. The fourth-order valence-corrected chi connectivity index (χ4v) is 5.38. The first-order valence-corrected chi connectivity index (χ1v) is 11.6. The second-order valence-corrected chi connectivity index (χ2v) is 9.23. The van der Waals surface area contributed by atoms with Crippen LogP contribution in [0.3, 0.4) is 0 Å². The molecule has 0 bridgehead atoms. The molecule has 0 N–H and O–H groups in total. The standard InChI is InChI=1S/C28H32N3/c1-19-17-24(21-11-6-5-7-12-21)27-26(18-19)31(4)28(29-27)23-14-10-13-22(20(23)2)25-15-8-9-16-30(25)3/h8-10,13-18,21H,5-7,11-12H2,1-4H3/q+1. The van der Waals surface area contributed by atoms with E-state index in [0.717, 1.165) is 5.82 Å². The molecule has 4 aromatic rings. The summed E-state index contributed by atoms with van der Waals surface area (Å²) < 4.78 is 4.48. The normalized spacial score (nSPS) is 15.0. The number of rotatable bonds is 3. The van der Waals surface area contributed by atoms with E-state index in [2.05, 4.69) is 91.8 Å². The van der Waals surface area contributed by atoms with Crippen molar-refractivity contribution in [3.8, 4) is 22.6 Å². The number of fused-ring (bicyclic) bond motifs is 1. The molecule has 3 nitrogen and oxygen atoms in total. The lowest BCUT2D eigenvalue weighted by Gasteiger charge is -2.22. The maximum atomic E-state index is 5.27. The first kappa shape index (κ1) is 20.0. The van der Waals surface area contributed by atoms with Crippen molar-refractivity contribution in [1.29, 1.82) is 0 Å². The van der Waals surface area contributed by atoms with Gasteiger partial charge in [0.05, 0.1) is 11.0 Å². The number of aryl methyl sites for hydroxylation is 3. The van der Waals surface area contributed by atoms with Crippen molar-refractivity contribution >= 4 is 11.0 Å². The second kappa shape index (κ2) is 7.96. The van der Waals surface area contributed by atoms with Crippen molar-refractivity contribution in [2.75, 3.05) is 0 Å². The molecule has 31 heavy (non-hydrogen) atoms. The van der Waals surface area contributed by atoms with Crippen molar-refractivity contribution in [2.24, 2.45) is 14.1 Å². The van der Waals surface area contributed by atoms with Gasteiger partial charge in [-0.25, -0.2) is 9.55 Å². The summed E-state index contributed by atoms with van der Waals surface area (Å²) in [6.07, 6.45) is 8.76. The Morgan fingerprint density at radius 2 is 1.71 bits per heavy atom. The molecular formula is C28H32N3+. The molecule has 158 valence electrons. The fourth-order valence-electron chi connectivity index (χ4n) is 5.38. The summed E-state index contributed by atoms with van der Waals surface area (Å²) in [5.41, 5.74) is 10.2. The molecule has 3 heteroatoms. The van der Waals surface area contributed by atoms with E-state index >= 15 is 0 Å². The Bertz CT molecular complexity index is 1260. The highest BCUT2D eigenvalue weighted by atomic mass is 15.1. The Labute approximate surface area is 185 Å². The molecule has 1 fully saturated rings. The molecule has 0 amide bonds. The summed E-state index contributed by atoms with van der Waals surface area (Å²) in [5, 5.41) is 0. The van der Waals surface area contributed by atoms with Crippen molar-refractivity contribution in [3.63, 3.8) is 0 Å². The van der Waals surface area contributed by atoms with Crippen LogP contribution >= 0.6 is 0 Å². The topological polar surface area (TPSA) is 21.7 Å². The van der Waals surface area contributed by atoms with Crippen molar-refractivity contribution in [1.82, 2.24) is 9.55 Å². The van der Waals surface area contributed by atoms with Gasteiger partial charge < -0.3 is 4.57 Å². The highest BCUT2D eigenvalue weighted by Crippen LogP contribution is 2.39. The highest BCUT2D eigenvalue weighted by Gasteiger charge is 2.23. The van der Waals surface area contributed by atoms with Crippen LogP contribution in [0.5, 0.6) is 0 Å². The van der Waals surface area contributed by atoms with E-state index in [4.69, 9.17) is 4.98 Å². The van der Waals surface area contributed by atoms with Gasteiger partial charge in [-0.05, 0) is 67.5 Å². The lowest BCUT2D eigenvalue weighted by molar-refractivity contribution is -0.660. The molecule has 0 spiro atoms. The first-order chi connectivity index (χ1) is 15.0. The van der Waals surface area contributed by atoms with Gasteiger partial charge in [0.25, 0.3) is 0 Å². The summed E-state index contributed by atoms with van der Waals surface area (Å²) >= 11 is 0. The Morgan fingerprint density at radius 3 is 2.48 bits per heavy atom. The lowest BCUT2D eigenvalue weighted by Crippen LogP contribution is -2.30. The zero-order chi connectivity index (χ0) is 21.5. The molecule has 1 aliphatic rings. The molecule has 0 aliphatic heterocycles. The van der Waals surface area contributed by atoms with Gasteiger partial charge >= 0.3 is 0 Å². The van der Waals surface area contributed by atoms with Crippen LogP contribution in [0.15, 0.2) is 54.7 Å². The van der Waals surface area contributed by atoms with Crippen LogP contribution in [-0.4, -0.2) is 9.55 Å². The van der Waals surface area contributed by atoms with Gasteiger partial charge in [-0.1, -0.05) is 37.5 Å². The molecule has 5 rings (SSSR count). The minimum Gasteiger partial charge on any atom is -0.327 e. The highest BCUT2D eigenvalue weighted by molar-refractivity contribution is 5.86. The van der Waals surface area contributed by atoms with Gasteiger partial charge in [0.2, 0.25) is 5.69 Å². The van der Waals surface area contributed by atoms with E-state index in [9.17, 15) is 0 Å². The Balaban J connectivity index is 1.69. The largest absolute Gasteiger partial charge is 0.327 e. The van der Waals surface area contributed by atoms with E-state index < -0.39 is 0 Å². The summed E-state index contributed by atoms with van der Waals surface area (Å²) in [6.45, 7) is 4.45. The molecule has 0 saturated heterocycles. The molecular weight excluding hydrogens is 378 g/mol. The SMILES string of the molecule is Cc1cc(C2CCCCC2)c2nc(-c3cccc(-c4cccc[n+]4C)c3C)n(C)c2c1. The van der Waals surface area contributed by atoms with Crippen molar-refractivity contribution in [3.05, 3.63) is 71.4 Å². The molecule has 1 aliphatic carbocycles. The zero-order valence-corrected chi connectivity index (χ0v) is 19.2. The van der Waals surface area contributed by atoms with Gasteiger partial charge in [0.1, 0.15) is 12.9 Å². The Kier molecular flexibility index (Phi) is 5.13. The van der Waals surface area contributed by atoms with Gasteiger partial charge in [0.15, 0.2) is 6.20 Å². The zero-order valence-electron chi connectivity index (χ0n) is 19.2. The maximum absolute atomic E-state index is 5.27. The van der Waals surface area contributed by atoms with Gasteiger partial charge in [0, 0.05) is 30.3 Å². The molecule has 1 saturated carbocycles. The predicted molar refractivity (Wildman–Crippen MR) is 128 cm³/mol. The van der Waals surface area contributed by atoms with E-state index in [1.54, 1.807) is 0 Å². The molecule has 0 unspecified atom stereocenters. The summed E-state index contributed by atoms with van der Waals surface area (Å²) in [4.78, 5) is 5.27. The minimum atomic E-state index is 0.648. The van der Waals surface area contributed by atoms with E-state index in [1.165, 1.54) is 76.6 Å². The maximum Gasteiger partial charge on any atom is 0.212 e. The molecule has 0 atom stereocenters. The third-order valence-corrected chi connectivity index (χ3v) is 7.11. The number of aromatic nitrogens is 3.